The van der Waals surface area contributed by atoms with Crippen LogP contribution in [0.2, 0.25) is 0 Å². The Morgan fingerprint density at radius 2 is 2.27 bits per heavy atom. The van der Waals surface area contributed by atoms with Crippen LogP contribution in [0.4, 0.5) is 0 Å². The number of carbonyl (C=O) groups excluding carboxylic acids is 1. The molecule has 15 heavy (non-hydrogen) atoms. The molecule has 1 aromatic rings. The molecule has 0 spiro atoms. The minimum atomic E-state index is -0.978. The van der Waals surface area contributed by atoms with Crippen LogP contribution in [0, 0.1) is 0 Å². The van der Waals surface area contributed by atoms with E-state index in [1.54, 1.807) is 17.5 Å². The number of carboxylic acid groups (broad SMARTS) is 1. The molecular formula is C10H13NO3S. The van der Waals surface area contributed by atoms with Gasteiger partial charge >= 0.3 is 5.97 Å². The first-order valence-electron chi connectivity index (χ1n) is 4.69. The van der Waals surface area contributed by atoms with Crippen LogP contribution < -0.4 is 0 Å². The highest BCUT2D eigenvalue weighted by Gasteiger charge is 2.17. The van der Waals surface area contributed by atoms with Gasteiger partial charge in [0.1, 0.15) is 6.54 Å². The van der Waals surface area contributed by atoms with Gasteiger partial charge in [0.25, 0.3) is 5.91 Å². The SMILES string of the molecule is CCCN(CC(=O)O)C(=O)c1cccs1. The predicted octanol–water partition coefficient (Wildman–Crippen LogP) is 1.68. The maximum Gasteiger partial charge on any atom is 0.323 e. The Morgan fingerprint density at radius 3 is 2.73 bits per heavy atom. The van der Waals surface area contributed by atoms with Crippen LogP contribution in [0.5, 0.6) is 0 Å². The first-order valence-corrected chi connectivity index (χ1v) is 5.57. The highest BCUT2D eigenvalue weighted by molar-refractivity contribution is 7.12. The van der Waals surface area contributed by atoms with E-state index in [1.807, 2.05) is 6.92 Å². The molecule has 1 aromatic heterocycles. The first-order chi connectivity index (χ1) is 7.15. The van der Waals surface area contributed by atoms with E-state index < -0.39 is 5.97 Å². The molecule has 4 nitrogen and oxygen atoms in total. The van der Waals surface area contributed by atoms with Crippen molar-refractivity contribution in [2.75, 3.05) is 13.1 Å². The van der Waals surface area contributed by atoms with Crippen molar-refractivity contribution in [1.29, 1.82) is 0 Å². The predicted molar refractivity (Wildman–Crippen MR) is 58.1 cm³/mol. The number of aliphatic carboxylic acids is 1. The van der Waals surface area contributed by atoms with Crippen LogP contribution in [0.3, 0.4) is 0 Å². The van der Waals surface area contributed by atoms with Crippen molar-refractivity contribution in [2.24, 2.45) is 0 Å². The van der Waals surface area contributed by atoms with Gasteiger partial charge < -0.3 is 10.0 Å². The number of nitrogens with zero attached hydrogens (tertiary/aromatic N) is 1. The molecule has 0 aliphatic carbocycles. The zero-order valence-corrected chi connectivity index (χ0v) is 9.29. The molecule has 0 saturated carbocycles. The van der Waals surface area contributed by atoms with E-state index in [0.717, 1.165) is 6.42 Å². The number of carboxylic acids is 1. The normalized spacial score (nSPS) is 9.93. The summed E-state index contributed by atoms with van der Waals surface area (Å²) in [6, 6.07) is 3.49. The average Bonchev–Trinajstić information content (AvgIpc) is 2.68. The topological polar surface area (TPSA) is 57.6 Å². The molecule has 0 radical (unpaired) electrons. The summed E-state index contributed by atoms with van der Waals surface area (Å²) in [7, 11) is 0. The second-order valence-electron chi connectivity index (χ2n) is 3.10. The molecule has 0 saturated heterocycles. The lowest BCUT2D eigenvalue weighted by Crippen LogP contribution is -2.35. The van der Waals surface area contributed by atoms with Crippen LogP contribution in [0.25, 0.3) is 0 Å². The van der Waals surface area contributed by atoms with Gasteiger partial charge in [-0.2, -0.15) is 0 Å². The van der Waals surface area contributed by atoms with E-state index in [0.29, 0.717) is 11.4 Å². The van der Waals surface area contributed by atoms with Gasteiger partial charge in [0.2, 0.25) is 0 Å². The van der Waals surface area contributed by atoms with Gasteiger partial charge in [0, 0.05) is 6.54 Å². The minimum absolute atomic E-state index is 0.200. The molecule has 5 heteroatoms. The van der Waals surface area contributed by atoms with Crippen LogP contribution in [-0.2, 0) is 4.79 Å². The van der Waals surface area contributed by atoms with E-state index in [1.165, 1.54) is 16.2 Å². The molecule has 0 fully saturated rings. The van der Waals surface area contributed by atoms with E-state index in [4.69, 9.17) is 5.11 Å². The highest BCUT2D eigenvalue weighted by Crippen LogP contribution is 2.12. The largest absolute Gasteiger partial charge is 0.480 e. The summed E-state index contributed by atoms with van der Waals surface area (Å²) < 4.78 is 0. The van der Waals surface area contributed by atoms with E-state index in [-0.39, 0.29) is 12.5 Å². The number of hydrogen-bond donors (Lipinski definition) is 1. The van der Waals surface area contributed by atoms with Crippen molar-refractivity contribution >= 4 is 23.2 Å². The lowest BCUT2D eigenvalue weighted by Gasteiger charge is -2.18. The van der Waals surface area contributed by atoms with Gasteiger partial charge in [0.05, 0.1) is 4.88 Å². The molecule has 0 bridgehead atoms. The summed E-state index contributed by atoms with van der Waals surface area (Å²) in [6.45, 7) is 2.16. The maximum absolute atomic E-state index is 11.8. The van der Waals surface area contributed by atoms with Crippen LogP contribution in [0.15, 0.2) is 17.5 Å². The zero-order chi connectivity index (χ0) is 11.3. The summed E-state index contributed by atoms with van der Waals surface area (Å²) in [4.78, 5) is 24.3. The number of rotatable bonds is 5. The number of amides is 1. The Morgan fingerprint density at radius 1 is 1.53 bits per heavy atom. The van der Waals surface area contributed by atoms with Crippen molar-refractivity contribution in [3.63, 3.8) is 0 Å². The number of hydrogen-bond acceptors (Lipinski definition) is 3. The van der Waals surface area contributed by atoms with Gasteiger partial charge in [0.15, 0.2) is 0 Å². The molecule has 0 aliphatic heterocycles. The van der Waals surface area contributed by atoms with Crippen LogP contribution >= 0.6 is 11.3 Å². The van der Waals surface area contributed by atoms with Crippen molar-refractivity contribution in [3.05, 3.63) is 22.4 Å². The Balaban J connectivity index is 2.71. The van der Waals surface area contributed by atoms with E-state index in [2.05, 4.69) is 0 Å². The Hall–Kier alpha value is -1.36. The second-order valence-corrected chi connectivity index (χ2v) is 4.05. The number of carbonyl (C=O) groups is 2. The summed E-state index contributed by atoms with van der Waals surface area (Å²) in [5.41, 5.74) is 0. The maximum atomic E-state index is 11.8. The highest BCUT2D eigenvalue weighted by atomic mass is 32.1. The van der Waals surface area contributed by atoms with Gasteiger partial charge in [-0.1, -0.05) is 13.0 Å². The van der Waals surface area contributed by atoms with Crippen LogP contribution in [-0.4, -0.2) is 35.0 Å². The fourth-order valence-corrected chi connectivity index (χ4v) is 1.93. The lowest BCUT2D eigenvalue weighted by molar-refractivity contribution is -0.137. The summed E-state index contributed by atoms with van der Waals surface area (Å²) >= 11 is 1.33. The fraction of sp³-hybridized carbons (Fsp3) is 0.400. The standard InChI is InChI=1S/C10H13NO3S/c1-2-5-11(7-9(12)13)10(14)8-4-3-6-15-8/h3-4,6H,2,5,7H2,1H3,(H,12,13). The third-order valence-electron chi connectivity index (χ3n) is 1.84. The number of thiophene rings is 1. The van der Waals surface area contributed by atoms with Gasteiger partial charge in [-0.3, -0.25) is 9.59 Å². The third kappa shape index (κ3) is 3.36. The second kappa shape index (κ2) is 5.50. The van der Waals surface area contributed by atoms with Crippen molar-refractivity contribution in [3.8, 4) is 0 Å². The van der Waals surface area contributed by atoms with Gasteiger partial charge in [-0.05, 0) is 17.9 Å². The first kappa shape index (κ1) is 11.7. The molecule has 0 aromatic carbocycles. The molecular weight excluding hydrogens is 214 g/mol. The van der Waals surface area contributed by atoms with Gasteiger partial charge in [-0.25, -0.2) is 0 Å². The Bertz CT molecular complexity index is 334. The molecule has 0 unspecified atom stereocenters. The monoisotopic (exact) mass is 227 g/mol. The zero-order valence-electron chi connectivity index (χ0n) is 8.47. The van der Waals surface area contributed by atoms with Gasteiger partial charge in [-0.15, -0.1) is 11.3 Å². The van der Waals surface area contributed by atoms with E-state index >= 15 is 0 Å². The average molecular weight is 227 g/mol. The molecule has 1 rings (SSSR count). The van der Waals surface area contributed by atoms with Crippen molar-refractivity contribution in [1.82, 2.24) is 4.90 Å². The molecule has 1 amide bonds. The quantitative estimate of drug-likeness (QED) is 0.832. The molecule has 0 aliphatic rings. The molecule has 1 heterocycles. The Labute approximate surface area is 92.1 Å². The minimum Gasteiger partial charge on any atom is -0.480 e. The third-order valence-corrected chi connectivity index (χ3v) is 2.70. The smallest absolute Gasteiger partial charge is 0.323 e. The van der Waals surface area contributed by atoms with Crippen LogP contribution in [0.1, 0.15) is 23.0 Å². The summed E-state index contributed by atoms with van der Waals surface area (Å²) in [5.74, 6) is -1.18. The lowest BCUT2D eigenvalue weighted by atomic mass is 10.3. The molecule has 82 valence electrons. The Kier molecular flexibility index (Phi) is 4.30. The molecule has 0 atom stereocenters. The summed E-state index contributed by atoms with van der Waals surface area (Å²) in [5, 5.41) is 10.5. The fourth-order valence-electron chi connectivity index (χ4n) is 1.24. The molecule has 1 N–H and O–H groups in total. The summed E-state index contributed by atoms with van der Waals surface area (Å²) in [6.07, 6.45) is 0.754. The van der Waals surface area contributed by atoms with E-state index in [9.17, 15) is 9.59 Å². The van der Waals surface area contributed by atoms with Crippen molar-refractivity contribution in [2.45, 2.75) is 13.3 Å². The van der Waals surface area contributed by atoms with Crippen molar-refractivity contribution < 1.29 is 14.7 Å².